The minimum Gasteiger partial charge on any atom is -0.463 e. The second-order valence-electron chi connectivity index (χ2n) is 2.00. The zero-order chi connectivity index (χ0) is 9.28. The van der Waals surface area contributed by atoms with Gasteiger partial charge in [-0.05, 0) is 27.9 Å². The van der Waals surface area contributed by atoms with E-state index in [9.17, 15) is 4.79 Å². The van der Waals surface area contributed by atoms with E-state index in [1.54, 1.807) is 13.8 Å². The summed E-state index contributed by atoms with van der Waals surface area (Å²) in [6.07, 6.45) is 0. The molecule has 0 rings (SSSR count). The number of rotatable bonds is 2. The van der Waals surface area contributed by atoms with E-state index in [2.05, 4.69) is 16.6 Å². The Morgan fingerprint density at radius 2 is 1.91 bits per heavy atom. The molecule has 0 aromatic heterocycles. The number of carbonyl (C=O) groups excluding carboxylic acids is 1. The first-order valence-electron chi connectivity index (χ1n) is 3.51. The quantitative estimate of drug-likeness (QED) is 0.482. The molecule has 66 valence electrons. The summed E-state index contributed by atoms with van der Waals surface area (Å²) in [4.78, 5) is 10.4. The van der Waals surface area contributed by atoms with E-state index in [0.717, 1.165) is 0 Å². The van der Waals surface area contributed by atoms with Crippen LogP contribution in [-0.4, -0.2) is 26.7 Å². The van der Waals surface area contributed by atoms with Gasteiger partial charge in [-0.25, -0.2) is 4.79 Å². The van der Waals surface area contributed by atoms with Crippen molar-refractivity contribution in [3.8, 4) is 0 Å². The number of esters is 1. The van der Waals surface area contributed by atoms with Crippen molar-refractivity contribution in [2.75, 3.05) is 20.7 Å². The Hall–Kier alpha value is -0.830. The standard InChI is InChI=1S/C6H10O2.C2H7N/c1-4-8-6(7)5(2)3;1-3-2/h2,4H2,1,3H3;3H,1-2H3. The maximum Gasteiger partial charge on any atom is 0.333 e. The SMILES string of the molecule is C=C(C)C(=O)OCC.CNC. The summed E-state index contributed by atoms with van der Waals surface area (Å²) in [6.45, 7) is 7.21. The van der Waals surface area contributed by atoms with Gasteiger partial charge in [-0.2, -0.15) is 0 Å². The summed E-state index contributed by atoms with van der Waals surface area (Å²) in [5, 5.41) is 2.75. The third kappa shape index (κ3) is 12.4. The molecule has 0 aromatic carbocycles. The molecule has 0 aromatic rings. The van der Waals surface area contributed by atoms with Gasteiger partial charge < -0.3 is 10.1 Å². The average molecular weight is 159 g/mol. The molecule has 3 heteroatoms. The molecule has 0 aliphatic heterocycles. The first-order chi connectivity index (χ1) is 5.09. The fourth-order valence-electron chi connectivity index (χ4n) is 0.254. The second kappa shape index (κ2) is 9.17. The third-order valence-corrected chi connectivity index (χ3v) is 0.624. The lowest BCUT2D eigenvalue weighted by Crippen LogP contribution is -2.03. The Balaban J connectivity index is 0. The smallest absolute Gasteiger partial charge is 0.333 e. The van der Waals surface area contributed by atoms with E-state index in [1.165, 1.54) is 0 Å². The first kappa shape index (κ1) is 12.8. The molecule has 0 aliphatic rings. The van der Waals surface area contributed by atoms with E-state index in [4.69, 9.17) is 0 Å². The molecule has 0 saturated heterocycles. The zero-order valence-electron chi connectivity index (χ0n) is 7.73. The van der Waals surface area contributed by atoms with Crippen LogP contribution in [0.4, 0.5) is 0 Å². The summed E-state index contributed by atoms with van der Waals surface area (Å²) in [6, 6.07) is 0. The van der Waals surface area contributed by atoms with Crippen LogP contribution in [0.2, 0.25) is 0 Å². The van der Waals surface area contributed by atoms with Gasteiger partial charge in [-0.15, -0.1) is 0 Å². The summed E-state index contributed by atoms with van der Waals surface area (Å²) >= 11 is 0. The van der Waals surface area contributed by atoms with Crippen LogP contribution in [-0.2, 0) is 9.53 Å². The zero-order valence-corrected chi connectivity index (χ0v) is 7.73. The molecule has 1 N–H and O–H groups in total. The van der Waals surface area contributed by atoms with E-state index >= 15 is 0 Å². The average Bonchev–Trinajstić information content (AvgIpc) is 1.90. The van der Waals surface area contributed by atoms with Crippen molar-refractivity contribution in [1.29, 1.82) is 0 Å². The normalized spacial score (nSPS) is 7.64. The highest BCUT2D eigenvalue weighted by Gasteiger charge is 1.98. The van der Waals surface area contributed by atoms with Gasteiger partial charge in [0.15, 0.2) is 0 Å². The molecular formula is C8H17NO2. The van der Waals surface area contributed by atoms with Crippen molar-refractivity contribution in [3.05, 3.63) is 12.2 Å². The number of carbonyl (C=O) groups is 1. The lowest BCUT2D eigenvalue weighted by molar-refractivity contribution is -0.138. The van der Waals surface area contributed by atoms with Crippen molar-refractivity contribution >= 4 is 5.97 Å². The number of nitrogens with one attached hydrogen (secondary N) is 1. The lowest BCUT2D eigenvalue weighted by atomic mass is 10.4. The summed E-state index contributed by atoms with van der Waals surface area (Å²) in [5.41, 5.74) is 0.451. The predicted octanol–water partition coefficient (Wildman–Crippen LogP) is 0.961. The van der Waals surface area contributed by atoms with Crippen LogP contribution in [0, 0.1) is 0 Å². The fourth-order valence-corrected chi connectivity index (χ4v) is 0.254. The molecule has 0 saturated carbocycles. The topological polar surface area (TPSA) is 38.3 Å². The van der Waals surface area contributed by atoms with Crippen LogP contribution in [0.25, 0.3) is 0 Å². The van der Waals surface area contributed by atoms with Crippen LogP contribution in [0.5, 0.6) is 0 Å². The molecule has 3 nitrogen and oxygen atoms in total. The number of ether oxygens (including phenoxy) is 1. The van der Waals surface area contributed by atoms with Crippen molar-refractivity contribution in [1.82, 2.24) is 5.32 Å². The maximum atomic E-state index is 10.4. The molecule has 0 amide bonds. The molecule has 0 unspecified atom stereocenters. The van der Waals surface area contributed by atoms with Gasteiger partial charge in [0, 0.05) is 5.57 Å². The minimum atomic E-state index is -0.312. The highest BCUT2D eigenvalue weighted by atomic mass is 16.5. The van der Waals surface area contributed by atoms with E-state index in [1.807, 2.05) is 14.1 Å². The van der Waals surface area contributed by atoms with E-state index in [0.29, 0.717) is 12.2 Å². The highest BCUT2D eigenvalue weighted by molar-refractivity contribution is 5.86. The molecule has 0 bridgehead atoms. The molecule has 11 heavy (non-hydrogen) atoms. The van der Waals surface area contributed by atoms with Crippen molar-refractivity contribution < 1.29 is 9.53 Å². The van der Waals surface area contributed by atoms with Crippen LogP contribution in [0.3, 0.4) is 0 Å². The monoisotopic (exact) mass is 159 g/mol. The second-order valence-corrected chi connectivity index (χ2v) is 2.00. The van der Waals surface area contributed by atoms with Crippen molar-refractivity contribution in [2.24, 2.45) is 0 Å². The molecule has 0 atom stereocenters. The molecule has 0 aliphatic carbocycles. The molecule has 0 radical (unpaired) electrons. The van der Waals surface area contributed by atoms with Crippen LogP contribution in [0.15, 0.2) is 12.2 Å². The summed E-state index contributed by atoms with van der Waals surface area (Å²) < 4.78 is 4.56. The number of hydrogen-bond donors (Lipinski definition) is 1. The van der Waals surface area contributed by atoms with E-state index in [-0.39, 0.29) is 5.97 Å². The Kier molecular flexibility index (Phi) is 10.7. The molecule has 0 fully saturated rings. The first-order valence-corrected chi connectivity index (χ1v) is 3.51. The van der Waals surface area contributed by atoms with Crippen molar-refractivity contribution in [3.63, 3.8) is 0 Å². The van der Waals surface area contributed by atoms with Gasteiger partial charge in [0.05, 0.1) is 6.61 Å². The Morgan fingerprint density at radius 3 is 2.00 bits per heavy atom. The van der Waals surface area contributed by atoms with Crippen molar-refractivity contribution in [2.45, 2.75) is 13.8 Å². The minimum absolute atomic E-state index is 0.312. The largest absolute Gasteiger partial charge is 0.463 e. The van der Waals surface area contributed by atoms with Crippen LogP contribution < -0.4 is 5.32 Å². The summed E-state index contributed by atoms with van der Waals surface area (Å²) in [5.74, 6) is -0.312. The highest BCUT2D eigenvalue weighted by Crippen LogP contribution is 1.89. The molecule has 0 spiro atoms. The van der Waals surface area contributed by atoms with Gasteiger partial charge >= 0.3 is 5.97 Å². The maximum absolute atomic E-state index is 10.4. The summed E-state index contributed by atoms with van der Waals surface area (Å²) in [7, 11) is 3.75. The Bertz CT molecular complexity index is 121. The van der Waals surface area contributed by atoms with Gasteiger partial charge in [0.25, 0.3) is 0 Å². The molecule has 0 heterocycles. The third-order valence-electron chi connectivity index (χ3n) is 0.624. The van der Waals surface area contributed by atoms with Crippen LogP contribution >= 0.6 is 0 Å². The van der Waals surface area contributed by atoms with Gasteiger partial charge in [-0.3, -0.25) is 0 Å². The van der Waals surface area contributed by atoms with Crippen LogP contribution in [0.1, 0.15) is 13.8 Å². The van der Waals surface area contributed by atoms with Gasteiger partial charge in [0.2, 0.25) is 0 Å². The number of hydrogen-bond acceptors (Lipinski definition) is 3. The van der Waals surface area contributed by atoms with Gasteiger partial charge in [0.1, 0.15) is 0 Å². The Morgan fingerprint density at radius 1 is 1.55 bits per heavy atom. The lowest BCUT2D eigenvalue weighted by Gasteiger charge is -1.96. The predicted molar refractivity (Wildman–Crippen MR) is 46.4 cm³/mol. The van der Waals surface area contributed by atoms with Gasteiger partial charge in [-0.1, -0.05) is 6.58 Å². The molecular weight excluding hydrogens is 142 g/mol. The fraction of sp³-hybridized carbons (Fsp3) is 0.625. The van der Waals surface area contributed by atoms with E-state index < -0.39 is 0 Å². The Labute approximate surface area is 68.4 Å².